The molecule has 4 heterocycles. The van der Waals surface area contributed by atoms with Gasteiger partial charge in [-0.15, -0.1) is 0 Å². The monoisotopic (exact) mass is 930 g/mol. The molecule has 66 heavy (non-hydrogen) atoms. The van der Waals surface area contributed by atoms with E-state index < -0.39 is 114 Å². The molecule has 5 N–H and O–H groups in total. The van der Waals surface area contributed by atoms with Gasteiger partial charge in [-0.1, -0.05) is 39.0 Å². The van der Waals surface area contributed by atoms with Crippen molar-refractivity contribution < 1.29 is 68.0 Å². The molecular weight excluding hydrogens is 855 g/mol. The number of cyclic esters (lactones) is 1. The zero-order chi connectivity index (χ0) is 49.1. The van der Waals surface area contributed by atoms with Crippen molar-refractivity contribution in [1.29, 1.82) is 0 Å². The standard InChI is InChI=1S/C49H75N3O14/c1-14-36-49(10,59)41(55)30(6)44(56)51-26(2)23-47(8,58)42(66-46-39(54)35(52(11)12)21-27(3)61-46)28(4)40(29(5)45(57)63-36)65-38-24-48(9,60-13)43(31(7)62-38)64-37(53)20-19-32-22-33-17-15-16-18-34(33)50-25-32/h15-20,22,25-31,35-36,38-43,46,54-55,58-59H,14,21,23-24H2,1-13H3,(H,51,56)/b20-19+/t26-,27-,28+,29-,30-,31+,35+,36-,38+,39-,40+,41-,42-,43+,46+,47-,48-,49-/m1/s1. The molecule has 0 unspecified atom stereocenters. The summed E-state index contributed by atoms with van der Waals surface area (Å²) in [5, 5.41) is 51.2. The minimum atomic E-state index is -2.06. The molecule has 3 aliphatic rings. The summed E-state index contributed by atoms with van der Waals surface area (Å²) in [6.07, 6.45) is -5.71. The first kappa shape index (κ1) is 53.3. The van der Waals surface area contributed by atoms with Gasteiger partial charge >= 0.3 is 11.9 Å². The Hall–Kier alpha value is -3.62. The molecule has 17 heteroatoms. The third kappa shape index (κ3) is 12.1. The zero-order valence-electron chi connectivity index (χ0n) is 40.9. The van der Waals surface area contributed by atoms with Crippen LogP contribution in [0.4, 0.5) is 0 Å². The van der Waals surface area contributed by atoms with Gasteiger partial charge in [0.25, 0.3) is 0 Å². The van der Waals surface area contributed by atoms with E-state index in [-0.39, 0.29) is 31.4 Å². The van der Waals surface area contributed by atoms with E-state index in [0.29, 0.717) is 12.0 Å². The minimum absolute atomic E-state index is 0.0168. The lowest BCUT2D eigenvalue weighted by Gasteiger charge is -2.49. The smallest absolute Gasteiger partial charge is 0.331 e. The highest BCUT2D eigenvalue weighted by molar-refractivity contribution is 5.88. The first-order valence-electron chi connectivity index (χ1n) is 23.2. The van der Waals surface area contributed by atoms with Crippen molar-refractivity contribution in [1.82, 2.24) is 15.2 Å². The molecule has 0 saturated carbocycles. The molecule has 3 saturated heterocycles. The quantitative estimate of drug-likeness (QED) is 0.168. The summed E-state index contributed by atoms with van der Waals surface area (Å²) < 4.78 is 44.3. The fourth-order valence-corrected chi connectivity index (χ4v) is 9.99. The maximum absolute atomic E-state index is 14.5. The number of esters is 2. The van der Waals surface area contributed by atoms with Crippen LogP contribution in [0.2, 0.25) is 0 Å². The number of pyridine rings is 1. The molecule has 0 bridgehead atoms. The van der Waals surface area contributed by atoms with Crippen LogP contribution in [0, 0.1) is 17.8 Å². The summed E-state index contributed by atoms with van der Waals surface area (Å²) in [5.74, 6) is -5.25. The lowest BCUT2D eigenvalue weighted by molar-refractivity contribution is -0.318. The zero-order valence-corrected chi connectivity index (χ0v) is 40.9. The molecule has 0 radical (unpaired) electrons. The molecule has 370 valence electrons. The van der Waals surface area contributed by atoms with Crippen molar-refractivity contribution in [3.63, 3.8) is 0 Å². The molecule has 1 aromatic carbocycles. The van der Waals surface area contributed by atoms with Crippen molar-refractivity contribution in [3.8, 4) is 0 Å². The highest BCUT2D eigenvalue weighted by Gasteiger charge is 2.54. The van der Waals surface area contributed by atoms with Gasteiger partial charge in [-0.2, -0.15) is 0 Å². The van der Waals surface area contributed by atoms with E-state index in [1.807, 2.05) is 56.3 Å². The largest absolute Gasteiger partial charge is 0.459 e. The third-order valence-corrected chi connectivity index (χ3v) is 13.9. The molecule has 5 rings (SSSR count). The number of hydrogen-bond acceptors (Lipinski definition) is 16. The van der Waals surface area contributed by atoms with Gasteiger partial charge in [0, 0.05) is 49.2 Å². The molecule has 3 fully saturated rings. The molecule has 3 aliphatic heterocycles. The Morgan fingerprint density at radius 3 is 2.30 bits per heavy atom. The van der Waals surface area contributed by atoms with Gasteiger partial charge in [0.1, 0.15) is 23.4 Å². The van der Waals surface area contributed by atoms with Gasteiger partial charge < -0.3 is 63.8 Å². The Kier molecular flexibility index (Phi) is 17.6. The average molecular weight is 930 g/mol. The van der Waals surface area contributed by atoms with E-state index in [1.54, 1.807) is 53.8 Å². The second-order valence-corrected chi connectivity index (χ2v) is 19.8. The van der Waals surface area contributed by atoms with Crippen molar-refractivity contribution in [2.24, 2.45) is 17.8 Å². The van der Waals surface area contributed by atoms with Crippen LogP contribution in [0.3, 0.4) is 0 Å². The van der Waals surface area contributed by atoms with Gasteiger partial charge in [0.05, 0.1) is 53.5 Å². The number of likely N-dealkylation sites (N-methyl/N-ethyl adjacent to an activating group) is 1. The molecule has 1 aromatic heterocycles. The number of carbonyl (C=O) groups is 3. The molecule has 17 nitrogen and oxygen atoms in total. The van der Waals surface area contributed by atoms with Crippen LogP contribution in [0.5, 0.6) is 0 Å². The second kappa shape index (κ2) is 21.8. The molecular formula is C49H75N3O14. The molecule has 1 amide bonds. The Morgan fingerprint density at radius 1 is 0.970 bits per heavy atom. The van der Waals surface area contributed by atoms with Crippen molar-refractivity contribution in [2.75, 3.05) is 21.2 Å². The number of fused-ring (bicyclic) bond motifs is 1. The third-order valence-electron chi connectivity index (χ3n) is 13.9. The number of methoxy groups -OCH3 is 1. The SMILES string of the molecule is CC[C@H]1OC(=O)[C@H](C)[C@@H](O[C@H]2C[C@@](C)(OC)[C@@H](OC(=O)/C=C/c3cnc4ccccc4c3)[C@H](C)O2)[C@H](C)[C@@H](O[C@@H]2O[C@H](C)C[C@H](N(C)C)[C@H]2O)[C@](C)(O)C[C@@H](C)NC(=O)[C@H](C)[C@@H](O)[C@]1(C)O. The summed E-state index contributed by atoms with van der Waals surface area (Å²) in [6.45, 7) is 16.4. The van der Waals surface area contributed by atoms with Gasteiger partial charge in [0.2, 0.25) is 5.91 Å². The topological polar surface area (TPSA) is 225 Å². The number of para-hydroxylation sites is 1. The fraction of sp³-hybridized carbons (Fsp3) is 0.714. The fourth-order valence-electron chi connectivity index (χ4n) is 9.99. The number of hydrogen-bond donors (Lipinski definition) is 5. The van der Waals surface area contributed by atoms with E-state index in [1.165, 1.54) is 34.0 Å². The van der Waals surface area contributed by atoms with Crippen LogP contribution >= 0.6 is 0 Å². The van der Waals surface area contributed by atoms with E-state index >= 15 is 0 Å². The number of aromatic nitrogens is 1. The van der Waals surface area contributed by atoms with Crippen molar-refractivity contribution in [3.05, 3.63) is 48.2 Å². The van der Waals surface area contributed by atoms with Crippen LogP contribution in [0.25, 0.3) is 17.0 Å². The van der Waals surface area contributed by atoms with Gasteiger partial charge in [-0.3, -0.25) is 14.6 Å². The van der Waals surface area contributed by atoms with Crippen molar-refractivity contribution in [2.45, 2.75) is 185 Å². The molecule has 2 aromatic rings. The van der Waals surface area contributed by atoms with Crippen molar-refractivity contribution >= 4 is 34.8 Å². The summed E-state index contributed by atoms with van der Waals surface area (Å²) in [7, 11) is 5.18. The lowest BCUT2D eigenvalue weighted by Crippen LogP contribution is -2.61. The number of amides is 1. The van der Waals surface area contributed by atoms with Crippen LogP contribution < -0.4 is 5.32 Å². The Bertz CT molecular complexity index is 2000. The number of carbonyl (C=O) groups excluding carboxylic acids is 3. The molecule has 0 aliphatic carbocycles. The summed E-state index contributed by atoms with van der Waals surface area (Å²) in [4.78, 5) is 47.7. The number of aliphatic hydroxyl groups is 4. The average Bonchev–Trinajstić information content (AvgIpc) is 3.25. The Balaban J connectivity index is 1.50. The number of rotatable bonds is 10. The van der Waals surface area contributed by atoms with Crippen LogP contribution in [0.15, 0.2) is 42.6 Å². The minimum Gasteiger partial charge on any atom is -0.459 e. The summed E-state index contributed by atoms with van der Waals surface area (Å²) in [5.41, 5.74) is -3.50. The number of aliphatic hydroxyl groups excluding tert-OH is 2. The first-order chi connectivity index (χ1) is 30.8. The van der Waals surface area contributed by atoms with Gasteiger partial charge in [-0.25, -0.2) is 4.79 Å². The highest BCUT2D eigenvalue weighted by atomic mass is 16.7. The highest BCUT2D eigenvalue weighted by Crippen LogP contribution is 2.40. The van der Waals surface area contributed by atoms with Gasteiger partial charge in [-0.05, 0) is 106 Å². The van der Waals surface area contributed by atoms with Gasteiger partial charge in [0.15, 0.2) is 18.7 Å². The predicted molar refractivity (Wildman–Crippen MR) is 244 cm³/mol. The van der Waals surface area contributed by atoms with E-state index in [9.17, 15) is 34.8 Å². The maximum atomic E-state index is 14.5. The second-order valence-electron chi connectivity index (χ2n) is 19.8. The normalized spacial score (nSPS) is 41.2. The number of nitrogens with zero attached hydrogens (tertiary/aromatic N) is 2. The summed E-state index contributed by atoms with van der Waals surface area (Å²) in [6, 6.07) is 8.50. The molecule has 18 atom stereocenters. The van der Waals surface area contributed by atoms with Crippen LogP contribution in [0.1, 0.15) is 100 Å². The predicted octanol–water partition coefficient (Wildman–Crippen LogP) is 3.90. The number of ether oxygens (including phenoxy) is 7. The van der Waals surface area contributed by atoms with E-state index in [2.05, 4.69) is 10.3 Å². The summed E-state index contributed by atoms with van der Waals surface area (Å²) >= 11 is 0. The maximum Gasteiger partial charge on any atom is 0.331 e. The lowest BCUT2D eigenvalue weighted by atomic mass is 9.78. The number of nitrogens with one attached hydrogen (secondary N) is 1. The number of benzene rings is 1. The molecule has 0 spiro atoms. The first-order valence-corrected chi connectivity index (χ1v) is 23.2. The van der Waals surface area contributed by atoms with E-state index in [0.717, 1.165) is 10.9 Å². The van der Waals surface area contributed by atoms with Crippen LogP contribution in [-0.4, -0.2) is 160 Å². The Labute approximate surface area is 389 Å². The Morgan fingerprint density at radius 2 is 1.65 bits per heavy atom. The van der Waals surface area contributed by atoms with E-state index in [4.69, 9.17) is 33.2 Å². The van der Waals surface area contributed by atoms with Crippen LogP contribution in [-0.2, 0) is 47.5 Å².